The SMILES string of the molecule is Cc1cc(C)c(NC(=O)c2nn3c(C)cc(C)nc3c2-c2ccc(C)c(S(=O)(=O)N3CCCCC3)c2)c(C)c1. The molecule has 4 aromatic rings. The normalized spacial score (nSPS) is 14.6. The van der Waals surface area contributed by atoms with Crippen molar-refractivity contribution in [2.45, 2.75) is 65.7 Å². The first-order chi connectivity index (χ1) is 18.5. The standard InChI is InChI=1S/C30H35N5O3S/c1-18-14-20(3)27(21(4)15-18)32-30(36)28-26(29-31-22(5)16-23(6)35(29)33-28)24-11-10-19(2)25(17-24)39(37,38)34-12-8-7-9-13-34/h10-11,14-17H,7-9,12-13H2,1-6H3,(H,32,36). The Labute approximate surface area is 230 Å². The van der Waals surface area contributed by atoms with Gasteiger partial charge in [0, 0.05) is 30.2 Å². The summed E-state index contributed by atoms with van der Waals surface area (Å²) in [5, 5.41) is 7.76. The molecule has 0 aliphatic carbocycles. The van der Waals surface area contributed by atoms with Crippen molar-refractivity contribution in [1.82, 2.24) is 18.9 Å². The molecule has 5 rings (SSSR count). The molecule has 0 radical (unpaired) electrons. The molecule has 0 bridgehead atoms. The number of nitrogens with zero attached hydrogens (tertiary/aromatic N) is 4. The fourth-order valence-corrected chi connectivity index (χ4v) is 7.34. The smallest absolute Gasteiger partial charge is 0.276 e. The Balaban J connectivity index is 1.68. The van der Waals surface area contributed by atoms with Crippen molar-refractivity contribution in [3.63, 3.8) is 0 Å². The summed E-state index contributed by atoms with van der Waals surface area (Å²) in [6.07, 6.45) is 2.75. The molecule has 39 heavy (non-hydrogen) atoms. The van der Waals surface area contributed by atoms with Gasteiger partial charge in [0.1, 0.15) is 0 Å². The Morgan fingerprint density at radius 3 is 2.21 bits per heavy atom. The van der Waals surface area contributed by atoms with E-state index in [2.05, 4.69) is 10.4 Å². The summed E-state index contributed by atoms with van der Waals surface area (Å²) in [6.45, 7) is 12.6. The van der Waals surface area contributed by atoms with Gasteiger partial charge >= 0.3 is 0 Å². The van der Waals surface area contributed by atoms with Crippen LogP contribution in [0.15, 0.2) is 41.3 Å². The van der Waals surface area contributed by atoms with E-state index in [0.717, 1.165) is 53.0 Å². The second kappa shape index (κ2) is 10.2. The highest BCUT2D eigenvalue weighted by molar-refractivity contribution is 7.89. The Morgan fingerprint density at radius 1 is 0.872 bits per heavy atom. The third kappa shape index (κ3) is 4.96. The van der Waals surface area contributed by atoms with Gasteiger partial charge in [0.25, 0.3) is 5.91 Å². The van der Waals surface area contributed by atoms with E-state index in [4.69, 9.17) is 4.98 Å². The number of nitrogens with one attached hydrogen (secondary N) is 1. The summed E-state index contributed by atoms with van der Waals surface area (Å²) in [7, 11) is -3.69. The number of fused-ring (bicyclic) bond motifs is 1. The van der Waals surface area contributed by atoms with Crippen LogP contribution in [0.5, 0.6) is 0 Å². The van der Waals surface area contributed by atoms with Crippen molar-refractivity contribution in [2.75, 3.05) is 18.4 Å². The van der Waals surface area contributed by atoms with E-state index in [-0.39, 0.29) is 16.5 Å². The number of rotatable bonds is 5. The molecule has 3 heterocycles. The largest absolute Gasteiger partial charge is 0.320 e. The number of aryl methyl sites for hydroxylation is 6. The van der Waals surface area contributed by atoms with E-state index in [1.807, 2.05) is 58.9 Å². The number of sulfonamides is 1. The molecule has 0 spiro atoms. The Hall–Kier alpha value is -3.56. The predicted octanol–water partition coefficient (Wildman–Crippen LogP) is 5.67. The Morgan fingerprint density at radius 2 is 1.54 bits per heavy atom. The molecule has 1 saturated heterocycles. The molecule has 0 unspecified atom stereocenters. The summed E-state index contributed by atoms with van der Waals surface area (Å²) >= 11 is 0. The Bertz CT molecular complexity index is 1690. The molecule has 1 N–H and O–H groups in total. The third-order valence-corrected chi connectivity index (χ3v) is 9.48. The fourth-order valence-electron chi connectivity index (χ4n) is 5.57. The van der Waals surface area contributed by atoms with Gasteiger partial charge in [-0.3, -0.25) is 4.79 Å². The van der Waals surface area contributed by atoms with Gasteiger partial charge in [0.15, 0.2) is 11.3 Å². The first-order valence-corrected chi connectivity index (χ1v) is 14.8. The number of aromatic nitrogens is 3. The van der Waals surface area contributed by atoms with Crippen molar-refractivity contribution < 1.29 is 13.2 Å². The number of anilines is 1. The Kier molecular flexibility index (Phi) is 7.07. The zero-order valence-electron chi connectivity index (χ0n) is 23.4. The van der Waals surface area contributed by atoms with Crippen LogP contribution in [0, 0.1) is 41.5 Å². The highest BCUT2D eigenvalue weighted by Crippen LogP contribution is 2.34. The number of carbonyl (C=O) groups excluding carboxylic acids is 1. The number of piperidine rings is 1. The van der Waals surface area contributed by atoms with E-state index >= 15 is 0 Å². The lowest BCUT2D eigenvalue weighted by molar-refractivity contribution is 0.102. The van der Waals surface area contributed by atoms with E-state index in [0.29, 0.717) is 35.4 Å². The highest BCUT2D eigenvalue weighted by Gasteiger charge is 2.30. The summed E-state index contributed by atoms with van der Waals surface area (Å²) in [6, 6.07) is 11.3. The van der Waals surface area contributed by atoms with Crippen LogP contribution in [-0.2, 0) is 10.0 Å². The van der Waals surface area contributed by atoms with Gasteiger partial charge < -0.3 is 5.32 Å². The lowest BCUT2D eigenvalue weighted by atomic mass is 10.0. The zero-order chi connectivity index (χ0) is 28.1. The van der Waals surface area contributed by atoms with E-state index in [9.17, 15) is 13.2 Å². The van der Waals surface area contributed by atoms with Gasteiger partial charge in [0.2, 0.25) is 10.0 Å². The van der Waals surface area contributed by atoms with Crippen LogP contribution in [0.25, 0.3) is 16.8 Å². The van der Waals surface area contributed by atoms with Crippen LogP contribution in [-0.4, -0.2) is 46.3 Å². The predicted molar refractivity (Wildman–Crippen MR) is 154 cm³/mol. The molecule has 2 aromatic carbocycles. The zero-order valence-corrected chi connectivity index (χ0v) is 24.2. The van der Waals surface area contributed by atoms with E-state index in [1.54, 1.807) is 27.9 Å². The second-order valence-electron chi connectivity index (χ2n) is 10.7. The molecular formula is C30H35N5O3S. The van der Waals surface area contributed by atoms with Crippen LogP contribution in [0.2, 0.25) is 0 Å². The molecule has 1 amide bonds. The second-order valence-corrected chi connectivity index (χ2v) is 12.6. The maximum absolute atomic E-state index is 13.8. The molecule has 1 fully saturated rings. The van der Waals surface area contributed by atoms with Gasteiger partial charge in [-0.1, -0.05) is 36.2 Å². The minimum Gasteiger partial charge on any atom is -0.320 e. The molecule has 9 heteroatoms. The van der Waals surface area contributed by atoms with Crippen LogP contribution in [0.4, 0.5) is 5.69 Å². The first kappa shape index (κ1) is 27.0. The number of carbonyl (C=O) groups is 1. The van der Waals surface area contributed by atoms with Gasteiger partial charge in [0.05, 0.1) is 10.5 Å². The minimum atomic E-state index is -3.69. The molecule has 0 atom stereocenters. The van der Waals surface area contributed by atoms with Crippen molar-refractivity contribution in [3.8, 4) is 11.1 Å². The minimum absolute atomic E-state index is 0.195. The molecule has 204 valence electrons. The molecule has 1 aliphatic rings. The van der Waals surface area contributed by atoms with Crippen molar-refractivity contribution >= 4 is 27.3 Å². The number of benzene rings is 2. The van der Waals surface area contributed by atoms with Gasteiger partial charge in [-0.2, -0.15) is 9.40 Å². The monoisotopic (exact) mass is 545 g/mol. The molecule has 8 nitrogen and oxygen atoms in total. The van der Waals surface area contributed by atoms with Crippen molar-refractivity contribution in [1.29, 1.82) is 0 Å². The quantitative estimate of drug-likeness (QED) is 0.348. The van der Waals surface area contributed by atoms with Gasteiger partial charge in [-0.15, -0.1) is 0 Å². The topological polar surface area (TPSA) is 96.7 Å². The summed E-state index contributed by atoms with van der Waals surface area (Å²) in [4.78, 5) is 18.8. The third-order valence-electron chi connectivity index (χ3n) is 7.44. The van der Waals surface area contributed by atoms with Gasteiger partial charge in [-0.25, -0.2) is 17.9 Å². The molecule has 0 saturated carbocycles. The highest BCUT2D eigenvalue weighted by atomic mass is 32.2. The lowest BCUT2D eigenvalue weighted by Crippen LogP contribution is -2.35. The average molecular weight is 546 g/mol. The van der Waals surface area contributed by atoms with Crippen molar-refractivity contribution in [3.05, 3.63) is 75.7 Å². The maximum atomic E-state index is 13.8. The molecule has 2 aromatic heterocycles. The number of hydrogen-bond acceptors (Lipinski definition) is 5. The van der Waals surface area contributed by atoms with Crippen LogP contribution in [0.1, 0.15) is 63.4 Å². The maximum Gasteiger partial charge on any atom is 0.276 e. The van der Waals surface area contributed by atoms with Gasteiger partial charge in [-0.05, 0) is 88.8 Å². The van der Waals surface area contributed by atoms with Crippen LogP contribution in [0.3, 0.4) is 0 Å². The van der Waals surface area contributed by atoms with E-state index < -0.39 is 10.0 Å². The summed E-state index contributed by atoms with van der Waals surface area (Å²) < 4.78 is 30.6. The summed E-state index contributed by atoms with van der Waals surface area (Å²) in [5.74, 6) is -0.372. The summed E-state index contributed by atoms with van der Waals surface area (Å²) in [5.41, 5.74) is 7.87. The average Bonchev–Trinajstić information content (AvgIpc) is 3.26. The fraction of sp³-hybridized carbons (Fsp3) is 0.367. The van der Waals surface area contributed by atoms with E-state index in [1.165, 1.54) is 0 Å². The first-order valence-electron chi connectivity index (χ1n) is 13.3. The number of amides is 1. The number of hydrogen-bond donors (Lipinski definition) is 1. The molecule has 1 aliphatic heterocycles. The van der Waals surface area contributed by atoms with Crippen molar-refractivity contribution in [2.24, 2.45) is 0 Å². The lowest BCUT2D eigenvalue weighted by Gasteiger charge is -2.26. The van der Waals surface area contributed by atoms with Crippen LogP contribution < -0.4 is 5.32 Å². The molecular weight excluding hydrogens is 510 g/mol. The van der Waals surface area contributed by atoms with Crippen LogP contribution >= 0.6 is 0 Å².